The molecule has 0 spiro atoms. The molecular weight excluding hydrogens is 457 g/mol. The van der Waals surface area contributed by atoms with E-state index < -0.39 is 65.6 Å². The van der Waals surface area contributed by atoms with E-state index >= 15 is 0 Å². The Kier molecular flexibility index (Phi) is 7.66. The molecule has 1 atom stereocenters. The predicted octanol–water partition coefficient (Wildman–Crippen LogP) is 1.41. The van der Waals surface area contributed by atoms with Gasteiger partial charge in [-0.05, 0) is 18.2 Å². The van der Waals surface area contributed by atoms with Crippen molar-refractivity contribution in [2.75, 3.05) is 43.1 Å². The van der Waals surface area contributed by atoms with Gasteiger partial charge in [0, 0.05) is 12.2 Å². The zero-order chi connectivity index (χ0) is 24.3. The van der Waals surface area contributed by atoms with E-state index in [1.54, 1.807) is 5.32 Å². The van der Waals surface area contributed by atoms with E-state index in [0.717, 1.165) is 12.1 Å². The number of hydrogen-bond acceptors (Lipinski definition) is 5. The Bertz CT molecular complexity index is 859. The lowest BCUT2D eigenvalue weighted by Gasteiger charge is -2.30. The molecule has 3 amide bonds. The van der Waals surface area contributed by atoms with E-state index in [2.05, 4.69) is 0 Å². The number of nitrogens with zero attached hydrogens (tertiary/aromatic N) is 2. The van der Waals surface area contributed by atoms with Gasteiger partial charge in [-0.15, -0.1) is 0 Å². The third-order valence-corrected chi connectivity index (χ3v) is 4.16. The molecule has 15 heteroatoms. The number of anilines is 2. The maximum Gasteiger partial charge on any atom is 0.401 e. The van der Waals surface area contributed by atoms with Gasteiger partial charge in [0.15, 0.2) is 6.04 Å². The molecule has 178 valence electrons. The Morgan fingerprint density at radius 1 is 1.16 bits per heavy atom. The van der Waals surface area contributed by atoms with E-state index in [0.29, 0.717) is 0 Å². The summed E-state index contributed by atoms with van der Waals surface area (Å²) in [6.45, 7) is -4.49. The van der Waals surface area contributed by atoms with Crippen molar-refractivity contribution in [1.82, 2.24) is 4.90 Å². The van der Waals surface area contributed by atoms with Crippen molar-refractivity contribution in [2.45, 2.75) is 18.4 Å². The minimum Gasteiger partial charge on any atom is -0.370 e. The lowest BCUT2D eigenvalue weighted by atomic mass is 10.1. The van der Waals surface area contributed by atoms with Crippen LogP contribution in [0.1, 0.15) is 0 Å². The number of carbonyl (C=O) groups excluding carboxylic acids is 3. The van der Waals surface area contributed by atoms with Gasteiger partial charge in [0.25, 0.3) is 11.8 Å². The first-order valence-electron chi connectivity index (χ1n) is 8.83. The summed E-state index contributed by atoms with van der Waals surface area (Å²) < 4.78 is 95.7. The second-order valence-electron chi connectivity index (χ2n) is 6.69. The summed E-state index contributed by atoms with van der Waals surface area (Å²) in [5, 5.41) is 1.77. The Hall–Kier alpha value is -2.94. The summed E-state index contributed by atoms with van der Waals surface area (Å²) in [4.78, 5) is 36.4. The molecule has 1 saturated heterocycles. The van der Waals surface area contributed by atoms with Crippen LogP contribution in [-0.4, -0.2) is 73.9 Å². The maximum atomic E-state index is 14.4. The summed E-state index contributed by atoms with van der Waals surface area (Å²) in [6, 6.07) is 0.241. The number of rotatable bonds is 7. The maximum absolute atomic E-state index is 14.4. The fourth-order valence-electron chi connectivity index (χ4n) is 2.94. The van der Waals surface area contributed by atoms with E-state index in [1.165, 1.54) is 11.0 Å². The van der Waals surface area contributed by atoms with Crippen LogP contribution in [0.15, 0.2) is 18.2 Å². The molecule has 32 heavy (non-hydrogen) atoms. The molecule has 1 aliphatic heterocycles. The van der Waals surface area contributed by atoms with Crippen LogP contribution in [0.3, 0.4) is 0 Å². The Balaban J connectivity index is 2.26. The first kappa shape index (κ1) is 25.3. The van der Waals surface area contributed by atoms with Crippen LogP contribution >= 0.6 is 0 Å². The van der Waals surface area contributed by atoms with Crippen LogP contribution < -0.4 is 16.0 Å². The van der Waals surface area contributed by atoms with E-state index in [9.17, 15) is 45.1 Å². The van der Waals surface area contributed by atoms with Crippen molar-refractivity contribution < 1.29 is 49.9 Å². The molecule has 1 fully saturated rings. The molecule has 1 aromatic carbocycles. The van der Waals surface area contributed by atoms with E-state index in [-0.39, 0.29) is 25.4 Å². The van der Waals surface area contributed by atoms with Gasteiger partial charge in [0.05, 0.1) is 25.4 Å². The van der Waals surface area contributed by atoms with Crippen molar-refractivity contribution >= 4 is 29.1 Å². The SMILES string of the molecule is NC(=O)[C@H](C(=O)Nc1ccc(N2CCOCC2=O)cc1F)N(CC(F)(F)F)CC(F)(F)F. The van der Waals surface area contributed by atoms with Gasteiger partial charge >= 0.3 is 12.4 Å². The number of hydrogen-bond donors (Lipinski definition) is 2. The topological polar surface area (TPSA) is 105 Å². The van der Waals surface area contributed by atoms with Gasteiger partial charge in [-0.25, -0.2) is 4.39 Å². The Morgan fingerprint density at radius 2 is 1.75 bits per heavy atom. The quantitative estimate of drug-likeness (QED) is 0.460. The minimum atomic E-state index is -5.20. The Morgan fingerprint density at radius 3 is 2.22 bits per heavy atom. The van der Waals surface area contributed by atoms with Crippen LogP contribution in [0.2, 0.25) is 0 Å². The number of nitrogens with one attached hydrogen (secondary N) is 1. The number of nitrogens with two attached hydrogens (primary N) is 1. The number of benzene rings is 1. The fraction of sp³-hybridized carbons (Fsp3) is 0.471. The molecule has 0 aromatic heterocycles. The Labute approximate surface area is 176 Å². The standard InChI is InChI=1S/C17H17F7N4O4/c18-10-5-9(28-3-4-32-6-12(28)29)1-2-11(10)26-15(31)13(14(25)30)27(7-16(19,20)21)8-17(22,23)24/h1-2,5,13H,3-4,6-8H2,(H2,25,30)(H,26,31)/t13-/m1/s1. The summed E-state index contributed by atoms with van der Waals surface area (Å²) in [5.74, 6) is -5.13. The predicted molar refractivity (Wildman–Crippen MR) is 94.9 cm³/mol. The monoisotopic (exact) mass is 474 g/mol. The third kappa shape index (κ3) is 7.05. The fourth-order valence-corrected chi connectivity index (χ4v) is 2.94. The largest absolute Gasteiger partial charge is 0.401 e. The van der Waals surface area contributed by atoms with Crippen LogP contribution in [0.25, 0.3) is 0 Å². The van der Waals surface area contributed by atoms with Crippen LogP contribution in [0.4, 0.5) is 42.1 Å². The molecule has 1 aromatic rings. The number of amides is 3. The average molecular weight is 474 g/mol. The number of morpholine rings is 1. The number of carbonyl (C=O) groups is 3. The number of ether oxygens (including phenoxy) is 1. The van der Waals surface area contributed by atoms with Gasteiger partial charge in [0.1, 0.15) is 12.4 Å². The number of halogens is 7. The minimum absolute atomic E-state index is 0.0796. The molecule has 8 nitrogen and oxygen atoms in total. The highest BCUT2D eigenvalue weighted by Crippen LogP contribution is 2.26. The summed E-state index contributed by atoms with van der Waals surface area (Å²) in [5.41, 5.74) is 4.31. The summed E-state index contributed by atoms with van der Waals surface area (Å²) >= 11 is 0. The molecule has 0 radical (unpaired) electrons. The third-order valence-electron chi connectivity index (χ3n) is 4.16. The van der Waals surface area contributed by atoms with Crippen molar-refractivity contribution in [3.05, 3.63) is 24.0 Å². The lowest BCUT2D eigenvalue weighted by molar-refractivity contribution is -0.187. The average Bonchev–Trinajstić information content (AvgIpc) is 2.61. The van der Waals surface area contributed by atoms with Gasteiger partial charge in [-0.3, -0.25) is 19.3 Å². The first-order chi connectivity index (χ1) is 14.7. The number of alkyl halides is 6. The molecule has 3 N–H and O–H groups in total. The second-order valence-corrected chi connectivity index (χ2v) is 6.69. The molecule has 2 rings (SSSR count). The molecule has 1 aliphatic rings. The van der Waals surface area contributed by atoms with Crippen LogP contribution in [0.5, 0.6) is 0 Å². The smallest absolute Gasteiger partial charge is 0.370 e. The van der Waals surface area contributed by atoms with Gasteiger partial charge in [0.2, 0.25) is 5.91 Å². The van der Waals surface area contributed by atoms with Gasteiger partial charge in [-0.1, -0.05) is 0 Å². The molecular formula is C17H17F7N4O4. The highest BCUT2D eigenvalue weighted by Gasteiger charge is 2.44. The zero-order valence-corrected chi connectivity index (χ0v) is 16.1. The van der Waals surface area contributed by atoms with Crippen molar-refractivity contribution in [3.8, 4) is 0 Å². The van der Waals surface area contributed by atoms with Crippen LogP contribution in [0, 0.1) is 5.82 Å². The first-order valence-corrected chi connectivity index (χ1v) is 8.83. The van der Waals surface area contributed by atoms with Crippen molar-refractivity contribution in [2.24, 2.45) is 5.73 Å². The molecule has 1 heterocycles. The van der Waals surface area contributed by atoms with E-state index in [4.69, 9.17) is 10.5 Å². The number of primary amides is 1. The molecule has 0 unspecified atom stereocenters. The highest BCUT2D eigenvalue weighted by atomic mass is 19.4. The second kappa shape index (κ2) is 9.68. The molecule has 0 bridgehead atoms. The van der Waals surface area contributed by atoms with Gasteiger partial charge in [-0.2, -0.15) is 26.3 Å². The molecule has 0 saturated carbocycles. The summed E-state index contributed by atoms with van der Waals surface area (Å²) in [6.07, 6.45) is -10.4. The lowest BCUT2D eigenvalue weighted by Crippen LogP contribution is -2.56. The van der Waals surface area contributed by atoms with Crippen molar-refractivity contribution in [3.63, 3.8) is 0 Å². The molecule has 0 aliphatic carbocycles. The highest BCUT2D eigenvalue weighted by molar-refractivity contribution is 6.09. The normalized spacial score (nSPS) is 16.2. The van der Waals surface area contributed by atoms with Crippen LogP contribution in [-0.2, 0) is 19.1 Å². The zero-order valence-electron chi connectivity index (χ0n) is 16.1. The summed E-state index contributed by atoms with van der Waals surface area (Å²) in [7, 11) is 0. The van der Waals surface area contributed by atoms with Crippen molar-refractivity contribution in [1.29, 1.82) is 0 Å². The van der Waals surface area contributed by atoms with E-state index in [1.807, 2.05) is 0 Å². The van der Waals surface area contributed by atoms with Gasteiger partial charge < -0.3 is 20.7 Å².